The van der Waals surface area contributed by atoms with Gasteiger partial charge in [-0.05, 0) is 37.1 Å². The molecule has 3 aromatic rings. The van der Waals surface area contributed by atoms with Crippen molar-refractivity contribution >= 4 is 5.91 Å². The number of rotatable bonds is 8. The van der Waals surface area contributed by atoms with Crippen molar-refractivity contribution in [1.29, 1.82) is 0 Å². The van der Waals surface area contributed by atoms with E-state index < -0.39 is 0 Å². The van der Waals surface area contributed by atoms with E-state index >= 15 is 0 Å². The number of benzene rings is 1. The topological polar surface area (TPSA) is 101 Å². The lowest BCUT2D eigenvalue weighted by atomic mass is 10.1. The van der Waals surface area contributed by atoms with Gasteiger partial charge in [0.15, 0.2) is 0 Å². The third-order valence-electron chi connectivity index (χ3n) is 6.22. The van der Waals surface area contributed by atoms with Gasteiger partial charge in [0.25, 0.3) is 11.9 Å². The smallest absolute Gasteiger partial charge is 0.257 e. The molecule has 184 valence electrons. The molecule has 35 heavy (non-hydrogen) atoms. The monoisotopic (exact) mass is 479 g/mol. The molecular formula is C25H29N5O5. The summed E-state index contributed by atoms with van der Waals surface area (Å²) in [6.07, 6.45) is 5.17. The van der Waals surface area contributed by atoms with E-state index in [-0.39, 0.29) is 17.9 Å². The molecule has 1 atom stereocenters. The highest BCUT2D eigenvalue weighted by molar-refractivity contribution is 5.95. The highest BCUT2D eigenvalue weighted by Crippen LogP contribution is 2.42. The van der Waals surface area contributed by atoms with E-state index in [1.54, 1.807) is 43.2 Å². The first kappa shape index (κ1) is 23.3. The molecule has 0 bridgehead atoms. The maximum Gasteiger partial charge on any atom is 0.257 e. The van der Waals surface area contributed by atoms with E-state index in [2.05, 4.69) is 10.1 Å². The third kappa shape index (κ3) is 4.85. The SMILES string of the molecule is COc1ccc(OC)c(-c2ccnc(-n3ncc(C(=O)N(C)CC4COCCO4)c3C3CC3)n2)c1. The summed E-state index contributed by atoms with van der Waals surface area (Å²) in [6, 6.07) is 7.36. The second-order valence-electron chi connectivity index (χ2n) is 8.69. The summed E-state index contributed by atoms with van der Waals surface area (Å²) in [7, 11) is 5.01. The van der Waals surface area contributed by atoms with E-state index in [1.807, 2.05) is 24.3 Å². The Morgan fingerprint density at radius 1 is 1.20 bits per heavy atom. The first-order valence-electron chi connectivity index (χ1n) is 11.7. The number of nitrogens with zero attached hydrogens (tertiary/aromatic N) is 5. The standard InChI is InChI=1S/C25H29N5O5/c1-29(14-18-15-34-10-11-35-18)24(31)20-13-27-30(23(20)16-4-5-16)25-26-9-8-21(28-25)19-12-17(32-2)6-7-22(19)33-3/h6-9,12-13,16,18H,4-5,10-11,14-15H2,1-3H3. The van der Waals surface area contributed by atoms with Gasteiger partial charge < -0.3 is 23.8 Å². The molecule has 2 aromatic heterocycles. The maximum atomic E-state index is 13.4. The third-order valence-corrected chi connectivity index (χ3v) is 6.22. The van der Waals surface area contributed by atoms with Crippen LogP contribution in [0.4, 0.5) is 0 Å². The van der Waals surface area contributed by atoms with Crippen molar-refractivity contribution < 1.29 is 23.7 Å². The maximum absolute atomic E-state index is 13.4. The lowest BCUT2D eigenvalue weighted by Crippen LogP contribution is -2.41. The molecule has 5 rings (SSSR count). The zero-order chi connectivity index (χ0) is 24.4. The minimum Gasteiger partial charge on any atom is -0.497 e. The van der Waals surface area contributed by atoms with Crippen LogP contribution < -0.4 is 9.47 Å². The highest BCUT2D eigenvalue weighted by atomic mass is 16.6. The van der Waals surface area contributed by atoms with Gasteiger partial charge in [-0.2, -0.15) is 5.10 Å². The molecule has 3 heterocycles. The summed E-state index contributed by atoms with van der Waals surface area (Å²) in [5, 5.41) is 4.54. The van der Waals surface area contributed by atoms with Crippen LogP contribution in [0.25, 0.3) is 17.2 Å². The second kappa shape index (κ2) is 10.0. The van der Waals surface area contributed by atoms with Crippen molar-refractivity contribution in [2.24, 2.45) is 0 Å². The summed E-state index contributed by atoms with van der Waals surface area (Å²) in [5.74, 6) is 1.92. The van der Waals surface area contributed by atoms with Crippen molar-refractivity contribution in [3.05, 3.63) is 47.9 Å². The molecule has 2 aliphatic rings. The van der Waals surface area contributed by atoms with Crippen LogP contribution in [0.5, 0.6) is 11.5 Å². The second-order valence-corrected chi connectivity index (χ2v) is 8.69. The Morgan fingerprint density at radius 3 is 2.77 bits per heavy atom. The van der Waals surface area contributed by atoms with Crippen LogP contribution in [0.2, 0.25) is 0 Å². The Balaban J connectivity index is 1.46. The minimum absolute atomic E-state index is 0.0991. The number of likely N-dealkylation sites (N-methyl/N-ethyl adjacent to an activating group) is 1. The predicted octanol–water partition coefficient (Wildman–Crippen LogP) is 2.71. The minimum atomic E-state index is -0.130. The zero-order valence-corrected chi connectivity index (χ0v) is 20.1. The van der Waals surface area contributed by atoms with Crippen molar-refractivity contribution in [1.82, 2.24) is 24.6 Å². The first-order valence-corrected chi connectivity index (χ1v) is 11.7. The molecule has 1 unspecified atom stereocenters. The average Bonchev–Trinajstić information content (AvgIpc) is 3.65. The normalized spacial score (nSPS) is 17.7. The lowest BCUT2D eigenvalue weighted by molar-refractivity contribution is -0.0933. The molecule has 1 saturated carbocycles. The van der Waals surface area contributed by atoms with E-state index in [1.165, 1.54) is 0 Å². The Kier molecular flexibility index (Phi) is 6.65. The number of hydrogen-bond donors (Lipinski definition) is 0. The summed E-state index contributed by atoms with van der Waals surface area (Å²) < 4.78 is 23.8. The Labute approximate surface area is 203 Å². The predicted molar refractivity (Wildman–Crippen MR) is 127 cm³/mol. The van der Waals surface area contributed by atoms with Crippen LogP contribution in [-0.2, 0) is 9.47 Å². The van der Waals surface area contributed by atoms with Gasteiger partial charge in [-0.3, -0.25) is 4.79 Å². The molecule has 10 nitrogen and oxygen atoms in total. The van der Waals surface area contributed by atoms with Crippen LogP contribution in [-0.4, -0.2) is 84.3 Å². The van der Waals surface area contributed by atoms with Crippen molar-refractivity contribution in [2.75, 3.05) is 47.6 Å². The van der Waals surface area contributed by atoms with Gasteiger partial charge in [-0.15, -0.1) is 0 Å². The number of ether oxygens (including phenoxy) is 4. The zero-order valence-electron chi connectivity index (χ0n) is 20.1. The van der Waals surface area contributed by atoms with Crippen molar-refractivity contribution in [2.45, 2.75) is 24.9 Å². The van der Waals surface area contributed by atoms with Gasteiger partial charge in [0.1, 0.15) is 11.5 Å². The number of carbonyl (C=O) groups is 1. The molecule has 1 aromatic carbocycles. The Bertz CT molecular complexity index is 1200. The average molecular weight is 480 g/mol. The van der Waals surface area contributed by atoms with E-state index in [4.69, 9.17) is 23.9 Å². The van der Waals surface area contributed by atoms with Crippen LogP contribution in [0.3, 0.4) is 0 Å². The van der Waals surface area contributed by atoms with E-state index in [0.29, 0.717) is 55.1 Å². The van der Waals surface area contributed by atoms with Gasteiger partial charge in [-0.1, -0.05) is 0 Å². The summed E-state index contributed by atoms with van der Waals surface area (Å²) >= 11 is 0. The highest BCUT2D eigenvalue weighted by Gasteiger charge is 2.35. The molecule has 1 aliphatic heterocycles. The first-order chi connectivity index (χ1) is 17.1. The Hall–Kier alpha value is -3.50. The van der Waals surface area contributed by atoms with Gasteiger partial charge in [0, 0.05) is 31.3 Å². The van der Waals surface area contributed by atoms with Crippen LogP contribution in [0.1, 0.15) is 34.8 Å². The number of carbonyl (C=O) groups excluding carboxylic acids is 1. The fourth-order valence-corrected chi connectivity index (χ4v) is 4.28. The van der Waals surface area contributed by atoms with Crippen molar-refractivity contribution in [3.63, 3.8) is 0 Å². The van der Waals surface area contributed by atoms with E-state index in [0.717, 1.165) is 24.1 Å². The molecule has 1 saturated heterocycles. The molecule has 0 N–H and O–H groups in total. The van der Waals surface area contributed by atoms with Crippen molar-refractivity contribution in [3.8, 4) is 28.7 Å². The molecule has 0 spiro atoms. The Morgan fingerprint density at radius 2 is 2.06 bits per heavy atom. The van der Waals surface area contributed by atoms with Gasteiger partial charge >= 0.3 is 0 Å². The van der Waals surface area contributed by atoms with Crippen LogP contribution >= 0.6 is 0 Å². The summed E-state index contributed by atoms with van der Waals surface area (Å²) in [5.41, 5.74) is 2.86. The van der Waals surface area contributed by atoms with Crippen LogP contribution in [0.15, 0.2) is 36.7 Å². The lowest BCUT2D eigenvalue weighted by Gasteiger charge is -2.27. The molecule has 10 heteroatoms. The molecule has 1 amide bonds. The van der Waals surface area contributed by atoms with Gasteiger partial charge in [0.05, 0.1) is 63.3 Å². The number of aromatic nitrogens is 4. The van der Waals surface area contributed by atoms with Gasteiger partial charge in [-0.25, -0.2) is 14.6 Å². The number of hydrogen-bond acceptors (Lipinski definition) is 8. The molecular weight excluding hydrogens is 450 g/mol. The molecule has 2 fully saturated rings. The quantitative estimate of drug-likeness (QED) is 0.486. The largest absolute Gasteiger partial charge is 0.497 e. The molecule has 1 aliphatic carbocycles. The molecule has 0 radical (unpaired) electrons. The van der Waals surface area contributed by atoms with Gasteiger partial charge in [0.2, 0.25) is 0 Å². The fourth-order valence-electron chi connectivity index (χ4n) is 4.28. The summed E-state index contributed by atoms with van der Waals surface area (Å²) in [6.45, 7) is 2.08. The fraction of sp³-hybridized carbons (Fsp3) is 0.440. The summed E-state index contributed by atoms with van der Waals surface area (Å²) in [4.78, 5) is 24.3. The number of amides is 1. The number of methoxy groups -OCH3 is 2. The van der Waals surface area contributed by atoms with Crippen LogP contribution in [0, 0.1) is 0 Å². The van der Waals surface area contributed by atoms with E-state index in [9.17, 15) is 4.79 Å².